The Morgan fingerprint density at radius 2 is 1.96 bits per heavy atom. The number of aromatic amines is 1. The number of carbonyl (C=O) groups is 2. The highest BCUT2D eigenvalue weighted by molar-refractivity contribution is 9.10. The van der Waals surface area contributed by atoms with Crippen molar-refractivity contribution in [2.45, 2.75) is 0 Å². The number of ether oxygens (including phenoxy) is 2. The van der Waals surface area contributed by atoms with E-state index in [1.165, 1.54) is 7.11 Å². The van der Waals surface area contributed by atoms with E-state index in [9.17, 15) is 9.59 Å². The van der Waals surface area contributed by atoms with Crippen molar-refractivity contribution in [2.24, 2.45) is 5.73 Å². The number of anilines is 1. The van der Waals surface area contributed by atoms with Gasteiger partial charge in [-0.1, -0.05) is 18.2 Å². The van der Waals surface area contributed by atoms with E-state index in [-0.39, 0.29) is 23.9 Å². The third-order valence-corrected chi connectivity index (χ3v) is 4.28. The lowest BCUT2D eigenvalue weighted by atomic mass is 10.1. The van der Waals surface area contributed by atoms with Crippen molar-refractivity contribution < 1.29 is 19.1 Å². The van der Waals surface area contributed by atoms with E-state index in [1.807, 2.05) is 18.2 Å². The SMILES string of the molecule is COc1cc(-c2n[nH]nc2C(N)=O)cc(Br)c1OCC(=O)Nc1ccccc1. The van der Waals surface area contributed by atoms with Crippen LogP contribution in [0.15, 0.2) is 46.9 Å². The van der Waals surface area contributed by atoms with Crippen molar-refractivity contribution in [3.8, 4) is 22.8 Å². The zero-order valence-electron chi connectivity index (χ0n) is 14.7. The van der Waals surface area contributed by atoms with Gasteiger partial charge in [0, 0.05) is 11.3 Å². The fraction of sp³-hybridized carbons (Fsp3) is 0.111. The van der Waals surface area contributed by atoms with Crippen LogP contribution in [0.25, 0.3) is 11.3 Å². The minimum Gasteiger partial charge on any atom is -0.493 e. The smallest absolute Gasteiger partial charge is 0.271 e. The minimum atomic E-state index is -0.711. The molecule has 2 aromatic carbocycles. The quantitative estimate of drug-likeness (QED) is 0.511. The lowest BCUT2D eigenvalue weighted by Crippen LogP contribution is -2.20. The molecule has 0 aliphatic carbocycles. The molecule has 10 heteroatoms. The number of H-pyrrole nitrogens is 1. The normalized spacial score (nSPS) is 10.4. The van der Waals surface area contributed by atoms with Gasteiger partial charge in [-0.2, -0.15) is 15.4 Å². The number of primary amides is 1. The Morgan fingerprint density at radius 3 is 2.64 bits per heavy atom. The molecule has 0 radical (unpaired) electrons. The van der Waals surface area contributed by atoms with E-state index in [4.69, 9.17) is 15.2 Å². The molecule has 28 heavy (non-hydrogen) atoms. The number of aromatic nitrogens is 3. The Kier molecular flexibility index (Phi) is 5.90. The highest BCUT2D eigenvalue weighted by Gasteiger charge is 2.20. The third-order valence-electron chi connectivity index (χ3n) is 3.69. The predicted octanol–water partition coefficient (Wildman–Crippen LogP) is 2.36. The van der Waals surface area contributed by atoms with Gasteiger partial charge in [0.2, 0.25) is 0 Å². The van der Waals surface area contributed by atoms with Gasteiger partial charge in [0.15, 0.2) is 23.8 Å². The molecule has 0 aliphatic heterocycles. The molecule has 1 aromatic heterocycles. The number of nitrogens with zero attached hydrogens (tertiary/aromatic N) is 2. The predicted molar refractivity (Wildman–Crippen MR) is 105 cm³/mol. The monoisotopic (exact) mass is 445 g/mol. The van der Waals surface area contributed by atoms with Gasteiger partial charge in [0.1, 0.15) is 5.69 Å². The van der Waals surface area contributed by atoms with Crippen LogP contribution in [0.5, 0.6) is 11.5 Å². The van der Waals surface area contributed by atoms with Gasteiger partial charge in [-0.05, 0) is 40.2 Å². The molecule has 0 bridgehead atoms. The van der Waals surface area contributed by atoms with Gasteiger partial charge in [-0.25, -0.2) is 0 Å². The number of benzene rings is 2. The molecule has 0 atom stereocenters. The maximum Gasteiger partial charge on any atom is 0.271 e. The second-order valence-corrected chi connectivity index (χ2v) is 6.43. The summed E-state index contributed by atoms with van der Waals surface area (Å²) < 4.78 is 11.5. The fourth-order valence-corrected chi connectivity index (χ4v) is 3.01. The number of rotatable bonds is 7. The second kappa shape index (κ2) is 8.53. The Hall–Kier alpha value is -3.40. The van der Waals surface area contributed by atoms with Crippen LogP contribution >= 0.6 is 15.9 Å². The van der Waals surface area contributed by atoms with Gasteiger partial charge < -0.3 is 20.5 Å². The summed E-state index contributed by atoms with van der Waals surface area (Å²) in [5.41, 5.74) is 6.79. The number of halogens is 1. The van der Waals surface area contributed by atoms with Crippen molar-refractivity contribution in [1.29, 1.82) is 0 Å². The molecular weight excluding hydrogens is 430 g/mol. The maximum absolute atomic E-state index is 12.1. The van der Waals surface area contributed by atoms with Crippen LogP contribution in [0.4, 0.5) is 5.69 Å². The summed E-state index contributed by atoms with van der Waals surface area (Å²) in [6.07, 6.45) is 0. The molecule has 2 amide bonds. The Morgan fingerprint density at radius 1 is 1.21 bits per heavy atom. The second-order valence-electron chi connectivity index (χ2n) is 5.58. The number of amides is 2. The van der Waals surface area contributed by atoms with Gasteiger partial charge >= 0.3 is 0 Å². The van der Waals surface area contributed by atoms with Gasteiger partial charge in [-0.15, -0.1) is 0 Å². The number of methoxy groups -OCH3 is 1. The molecule has 3 aromatic rings. The molecular formula is C18H16BrN5O4. The molecule has 0 unspecified atom stereocenters. The summed E-state index contributed by atoms with van der Waals surface area (Å²) in [6.45, 7) is -0.223. The topological polar surface area (TPSA) is 132 Å². The van der Waals surface area contributed by atoms with Crippen LogP contribution < -0.4 is 20.5 Å². The van der Waals surface area contributed by atoms with Gasteiger partial charge in [-0.3, -0.25) is 9.59 Å². The standard InChI is InChI=1S/C18H16BrN5O4/c1-27-13-8-10(15-16(18(20)26)23-24-22-15)7-12(19)17(13)28-9-14(25)21-11-5-3-2-4-6-11/h2-8H,9H2,1H3,(H2,20,26)(H,21,25)(H,22,23,24). The lowest BCUT2D eigenvalue weighted by molar-refractivity contribution is -0.118. The van der Waals surface area contributed by atoms with E-state index >= 15 is 0 Å². The summed E-state index contributed by atoms with van der Waals surface area (Å²) >= 11 is 3.39. The average molecular weight is 446 g/mol. The molecule has 9 nitrogen and oxygen atoms in total. The molecule has 0 saturated heterocycles. The van der Waals surface area contributed by atoms with Crippen molar-refractivity contribution in [2.75, 3.05) is 19.0 Å². The van der Waals surface area contributed by atoms with Gasteiger partial charge in [0.05, 0.1) is 11.6 Å². The Labute approximate surface area is 168 Å². The summed E-state index contributed by atoms with van der Waals surface area (Å²) in [5, 5.41) is 12.8. The fourth-order valence-electron chi connectivity index (χ4n) is 2.46. The minimum absolute atomic E-state index is 0.00450. The zero-order valence-corrected chi connectivity index (χ0v) is 16.3. The van der Waals surface area contributed by atoms with Crippen LogP contribution in [-0.2, 0) is 4.79 Å². The lowest BCUT2D eigenvalue weighted by Gasteiger charge is -2.14. The van der Waals surface area contributed by atoms with E-state index < -0.39 is 5.91 Å². The summed E-state index contributed by atoms with van der Waals surface area (Å²) in [5.74, 6) is -0.359. The molecule has 0 saturated carbocycles. The van der Waals surface area contributed by atoms with E-state index in [1.54, 1.807) is 24.3 Å². The highest BCUT2D eigenvalue weighted by Crippen LogP contribution is 2.39. The number of nitrogens with one attached hydrogen (secondary N) is 2. The summed E-state index contributed by atoms with van der Waals surface area (Å²) in [7, 11) is 1.46. The van der Waals surface area contributed by atoms with E-state index in [0.29, 0.717) is 27.2 Å². The van der Waals surface area contributed by atoms with Crippen LogP contribution in [0.1, 0.15) is 10.5 Å². The van der Waals surface area contributed by atoms with E-state index in [0.717, 1.165) is 0 Å². The van der Waals surface area contributed by atoms with Crippen molar-refractivity contribution in [3.63, 3.8) is 0 Å². The van der Waals surface area contributed by atoms with Crippen molar-refractivity contribution in [3.05, 3.63) is 52.6 Å². The van der Waals surface area contributed by atoms with Crippen LogP contribution in [0.3, 0.4) is 0 Å². The van der Waals surface area contributed by atoms with Crippen molar-refractivity contribution >= 4 is 33.4 Å². The van der Waals surface area contributed by atoms with Gasteiger partial charge in [0.25, 0.3) is 11.8 Å². The number of para-hydroxylation sites is 1. The first-order valence-corrected chi connectivity index (χ1v) is 8.85. The molecule has 3 rings (SSSR count). The summed E-state index contributed by atoms with van der Waals surface area (Å²) in [4.78, 5) is 23.6. The molecule has 1 heterocycles. The number of nitrogens with two attached hydrogens (primary N) is 1. The first kappa shape index (κ1) is 19.4. The highest BCUT2D eigenvalue weighted by atomic mass is 79.9. The Balaban J connectivity index is 1.79. The van der Waals surface area contributed by atoms with Crippen LogP contribution in [0.2, 0.25) is 0 Å². The Bertz CT molecular complexity index is 1010. The molecule has 0 aliphatic rings. The molecule has 0 spiro atoms. The largest absolute Gasteiger partial charge is 0.493 e. The summed E-state index contributed by atoms with van der Waals surface area (Å²) in [6, 6.07) is 12.3. The molecule has 4 N–H and O–H groups in total. The zero-order chi connectivity index (χ0) is 20.1. The number of carbonyl (C=O) groups excluding carboxylic acids is 2. The van der Waals surface area contributed by atoms with Crippen molar-refractivity contribution in [1.82, 2.24) is 15.4 Å². The maximum atomic E-state index is 12.1. The average Bonchev–Trinajstić information content (AvgIpc) is 3.17. The number of hydrogen-bond donors (Lipinski definition) is 3. The van der Waals surface area contributed by atoms with E-state index in [2.05, 4.69) is 36.7 Å². The first-order valence-electron chi connectivity index (χ1n) is 8.05. The third kappa shape index (κ3) is 4.29. The van der Waals surface area contributed by atoms with Crippen LogP contribution in [0, 0.1) is 0 Å². The first-order chi connectivity index (χ1) is 13.5. The number of hydrogen-bond acceptors (Lipinski definition) is 6. The molecule has 0 fully saturated rings. The molecule has 144 valence electrons. The van der Waals surface area contributed by atoms with Crippen LogP contribution in [-0.4, -0.2) is 40.9 Å².